The molecule has 166 valence electrons. The van der Waals surface area contributed by atoms with Gasteiger partial charge in [0.05, 0.1) is 11.4 Å². The van der Waals surface area contributed by atoms with Crippen LogP contribution in [-0.4, -0.2) is 28.3 Å². The molecular formula is C25H20FN3O4. The molecule has 0 saturated heterocycles. The molecular weight excluding hydrogens is 425 g/mol. The number of carbonyl (C=O) groups excluding carboxylic acids is 2. The molecule has 0 aliphatic carbocycles. The van der Waals surface area contributed by atoms with Crippen molar-refractivity contribution in [2.45, 2.75) is 6.61 Å². The molecule has 0 aliphatic heterocycles. The Morgan fingerprint density at radius 1 is 0.909 bits per heavy atom. The molecule has 0 saturated carbocycles. The SMILES string of the molecule is O=C(COc1ccccc1C(=O)OCc1ccn(-c2ccccc2)n1)Nc1ccccc1F. The van der Waals surface area contributed by atoms with E-state index in [1.165, 1.54) is 24.3 Å². The van der Waals surface area contributed by atoms with Crippen LogP contribution in [-0.2, 0) is 16.1 Å². The fraction of sp³-hybridized carbons (Fsp3) is 0.0800. The van der Waals surface area contributed by atoms with Gasteiger partial charge in [0.25, 0.3) is 5.91 Å². The molecule has 1 amide bonds. The van der Waals surface area contributed by atoms with Gasteiger partial charge in [-0.15, -0.1) is 0 Å². The zero-order valence-corrected chi connectivity index (χ0v) is 17.5. The van der Waals surface area contributed by atoms with E-state index < -0.39 is 24.3 Å². The topological polar surface area (TPSA) is 82.5 Å². The minimum atomic E-state index is -0.616. The molecule has 0 radical (unpaired) electrons. The Kier molecular flexibility index (Phi) is 6.75. The first-order valence-electron chi connectivity index (χ1n) is 10.1. The summed E-state index contributed by atoms with van der Waals surface area (Å²) in [5.74, 6) is -1.55. The first kappa shape index (κ1) is 21.8. The molecule has 0 fully saturated rings. The molecule has 0 bridgehead atoms. The summed E-state index contributed by atoms with van der Waals surface area (Å²) in [6.45, 7) is -0.430. The van der Waals surface area contributed by atoms with Gasteiger partial charge in [-0.25, -0.2) is 13.9 Å². The van der Waals surface area contributed by atoms with Crippen molar-refractivity contribution in [3.63, 3.8) is 0 Å². The second kappa shape index (κ2) is 10.2. The van der Waals surface area contributed by atoms with Crippen LogP contribution in [0.25, 0.3) is 5.69 Å². The maximum Gasteiger partial charge on any atom is 0.342 e. The summed E-state index contributed by atoms with van der Waals surface area (Å²) in [5, 5.41) is 6.83. The third-order valence-corrected chi connectivity index (χ3v) is 4.63. The number of benzene rings is 3. The van der Waals surface area contributed by atoms with Crippen LogP contribution in [0.4, 0.5) is 10.1 Å². The van der Waals surface area contributed by atoms with Gasteiger partial charge in [0.1, 0.15) is 29.4 Å². The number of anilines is 1. The second-order valence-electron chi connectivity index (χ2n) is 6.98. The van der Waals surface area contributed by atoms with Gasteiger partial charge in [0.2, 0.25) is 0 Å². The highest BCUT2D eigenvalue weighted by molar-refractivity contribution is 5.94. The molecule has 3 aromatic carbocycles. The van der Waals surface area contributed by atoms with Crippen molar-refractivity contribution >= 4 is 17.6 Å². The van der Waals surface area contributed by atoms with Crippen LogP contribution in [0, 0.1) is 5.82 Å². The van der Waals surface area contributed by atoms with Crippen LogP contribution >= 0.6 is 0 Å². The first-order valence-corrected chi connectivity index (χ1v) is 10.1. The van der Waals surface area contributed by atoms with Gasteiger partial charge in [-0.3, -0.25) is 4.79 Å². The van der Waals surface area contributed by atoms with E-state index in [4.69, 9.17) is 9.47 Å². The summed E-state index contributed by atoms with van der Waals surface area (Å²) < 4.78 is 26.2. The van der Waals surface area contributed by atoms with Gasteiger partial charge in [-0.2, -0.15) is 5.10 Å². The number of carbonyl (C=O) groups is 2. The molecule has 1 aromatic heterocycles. The van der Waals surface area contributed by atoms with Gasteiger partial charge in [0.15, 0.2) is 6.61 Å². The lowest BCUT2D eigenvalue weighted by Gasteiger charge is -2.11. The standard InChI is InChI=1S/C25H20FN3O4/c26-21-11-5-6-12-22(21)27-24(30)17-32-23-13-7-4-10-20(23)25(31)33-16-18-14-15-29(28-18)19-8-2-1-3-9-19/h1-15H,16-17H2,(H,27,30). The van der Waals surface area contributed by atoms with E-state index in [1.807, 2.05) is 30.3 Å². The van der Waals surface area contributed by atoms with Crippen molar-refractivity contribution < 1.29 is 23.5 Å². The van der Waals surface area contributed by atoms with E-state index >= 15 is 0 Å². The Morgan fingerprint density at radius 2 is 1.64 bits per heavy atom. The number of amides is 1. The van der Waals surface area contributed by atoms with E-state index in [2.05, 4.69) is 10.4 Å². The largest absolute Gasteiger partial charge is 0.483 e. The maximum absolute atomic E-state index is 13.7. The monoisotopic (exact) mass is 445 g/mol. The quantitative estimate of drug-likeness (QED) is 0.407. The van der Waals surface area contributed by atoms with Crippen molar-refractivity contribution in [3.05, 3.63) is 108 Å². The van der Waals surface area contributed by atoms with Crippen molar-refractivity contribution in [3.8, 4) is 11.4 Å². The number of nitrogens with zero attached hydrogens (tertiary/aromatic N) is 2. The molecule has 1 N–H and O–H groups in total. The molecule has 7 nitrogen and oxygen atoms in total. The maximum atomic E-state index is 13.7. The van der Waals surface area contributed by atoms with Crippen LogP contribution in [0.15, 0.2) is 91.1 Å². The summed E-state index contributed by atoms with van der Waals surface area (Å²) >= 11 is 0. The number of hydrogen-bond acceptors (Lipinski definition) is 5. The molecule has 0 atom stereocenters. The number of rotatable bonds is 8. The fourth-order valence-electron chi connectivity index (χ4n) is 3.03. The summed E-state index contributed by atoms with van der Waals surface area (Å²) in [6.07, 6.45) is 1.78. The Balaban J connectivity index is 1.35. The number of halogens is 1. The molecule has 4 rings (SSSR count). The van der Waals surface area contributed by atoms with Crippen molar-refractivity contribution in [2.75, 3.05) is 11.9 Å². The van der Waals surface area contributed by atoms with Crippen LogP contribution in [0.1, 0.15) is 16.1 Å². The number of ether oxygens (including phenoxy) is 2. The van der Waals surface area contributed by atoms with Crippen LogP contribution < -0.4 is 10.1 Å². The minimum absolute atomic E-state index is 0.0270. The van der Waals surface area contributed by atoms with Gasteiger partial charge in [-0.05, 0) is 42.5 Å². The average Bonchev–Trinajstić information content (AvgIpc) is 3.33. The molecule has 4 aromatic rings. The fourth-order valence-corrected chi connectivity index (χ4v) is 3.03. The summed E-state index contributed by atoms with van der Waals surface area (Å²) in [6, 6.07) is 23.5. The Labute approximate surface area is 189 Å². The minimum Gasteiger partial charge on any atom is -0.483 e. The zero-order chi connectivity index (χ0) is 23.0. The van der Waals surface area contributed by atoms with Crippen LogP contribution in [0.3, 0.4) is 0 Å². The smallest absolute Gasteiger partial charge is 0.342 e. The third kappa shape index (κ3) is 5.62. The molecule has 0 spiro atoms. The van der Waals surface area contributed by atoms with E-state index in [0.29, 0.717) is 5.69 Å². The van der Waals surface area contributed by atoms with E-state index in [1.54, 1.807) is 41.2 Å². The average molecular weight is 445 g/mol. The lowest BCUT2D eigenvalue weighted by Crippen LogP contribution is -2.21. The number of para-hydroxylation sites is 3. The predicted octanol–water partition coefficient (Wildman–Crippen LogP) is 4.39. The first-order chi connectivity index (χ1) is 16.1. The van der Waals surface area contributed by atoms with Gasteiger partial charge in [0, 0.05) is 6.20 Å². The van der Waals surface area contributed by atoms with E-state index in [-0.39, 0.29) is 23.6 Å². The molecule has 1 heterocycles. The third-order valence-electron chi connectivity index (χ3n) is 4.63. The normalized spacial score (nSPS) is 10.5. The number of hydrogen-bond donors (Lipinski definition) is 1. The number of nitrogens with one attached hydrogen (secondary N) is 1. The Bertz CT molecular complexity index is 1260. The highest BCUT2D eigenvalue weighted by atomic mass is 19.1. The lowest BCUT2D eigenvalue weighted by atomic mass is 10.2. The molecule has 0 unspecified atom stereocenters. The van der Waals surface area contributed by atoms with Crippen LogP contribution in [0.5, 0.6) is 5.75 Å². The Hall–Kier alpha value is -4.46. The van der Waals surface area contributed by atoms with Crippen molar-refractivity contribution in [1.82, 2.24) is 9.78 Å². The lowest BCUT2D eigenvalue weighted by molar-refractivity contribution is -0.118. The zero-order valence-electron chi connectivity index (χ0n) is 17.5. The van der Waals surface area contributed by atoms with Gasteiger partial charge in [-0.1, -0.05) is 42.5 Å². The second-order valence-corrected chi connectivity index (χ2v) is 6.98. The highest BCUT2D eigenvalue weighted by Crippen LogP contribution is 2.20. The number of esters is 1. The summed E-state index contributed by atoms with van der Waals surface area (Å²) in [7, 11) is 0. The molecule has 0 aliphatic rings. The highest BCUT2D eigenvalue weighted by Gasteiger charge is 2.16. The van der Waals surface area contributed by atoms with E-state index in [0.717, 1.165) is 5.69 Å². The number of aromatic nitrogens is 2. The molecule has 33 heavy (non-hydrogen) atoms. The van der Waals surface area contributed by atoms with Crippen LogP contribution in [0.2, 0.25) is 0 Å². The van der Waals surface area contributed by atoms with Crippen molar-refractivity contribution in [2.24, 2.45) is 0 Å². The van der Waals surface area contributed by atoms with Gasteiger partial charge < -0.3 is 14.8 Å². The van der Waals surface area contributed by atoms with Crippen molar-refractivity contribution in [1.29, 1.82) is 0 Å². The van der Waals surface area contributed by atoms with Gasteiger partial charge >= 0.3 is 5.97 Å². The predicted molar refractivity (Wildman–Crippen MR) is 120 cm³/mol. The molecule has 8 heteroatoms. The summed E-state index contributed by atoms with van der Waals surface area (Å²) in [4.78, 5) is 24.7. The Morgan fingerprint density at radius 3 is 2.45 bits per heavy atom. The summed E-state index contributed by atoms with van der Waals surface area (Å²) in [5.41, 5.74) is 1.68. The van der Waals surface area contributed by atoms with E-state index in [9.17, 15) is 14.0 Å².